The minimum absolute atomic E-state index is 0.751. The van der Waals surface area contributed by atoms with Gasteiger partial charge in [0.25, 0.3) is 0 Å². The standard InChI is InChI=1S/C20H26N8/c1-5-17-12-21-20(22-13-17)27-8-6-26(7-9-27)18-11-19(24-16(4)23-18)28-15(3)10-14(2)25-28/h10-13H,5-9H2,1-4H3. The van der Waals surface area contributed by atoms with Crippen LogP contribution >= 0.6 is 0 Å². The highest BCUT2D eigenvalue weighted by atomic mass is 15.4. The lowest BCUT2D eigenvalue weighted by atomic mass is 10.3. The second-order valence-corrected chi connectivity index (χ2v) is 7.19. The Bertz CT molecular complexity index is 955. The largest absolute Gasteiger partial charge is 0.353 e. The summed E-state index contributed by atoms with van der Waals surface area (Å²) in [6.45, 7) is 11.5. The minimum Gasteiger partial charge on any atom is -0.353 e. The molecule has 4 heterocycles. The van der Waals surface area contributed by atoms with Crippen molar-refractivity contribution >= 4 is 11.8 Å². The molecular formula is C20H26N8. The monoisotopic (exact) mass is 378 g/mol. The van der Waals surface area contributed by atoms with Gasteiger partial charge in [-0.05, 0) is 38.8 Å². The van der Waals surface area contributed by atoms with E-state index in [0.717, 1.165) is 73.0 Å². The lowest BCUT2D eigenvalue weighted by Crippen LogP contribution is -2.47. The molecule has 0 radical (unpaired) electrons. The first-order valence-electron chi connectivity index (χ1n) is 9.73. The van der Waals surface area contributed by atoms with Crippen LogP contribution < -0.4 is 9.80 Å². The van der Waals surface area contributed by atoms with Gasteiger partial charge in [0.2, 0.25) is 5.95 Å². The molecule has 146 valence electrons. The predicted molar refractivity (Wildman–Crippen MR) is 109 cm³/mol. The molecule has 1 aliphatic heterocycles. The number of hydrogen-bond donors (Lipinski definition) is 0. The van der Waals surface area contributed by atoms with Gasteiger partial charge in [-0.15, -0.1) is 0 Å². The molecule has 0 saturated carbocycles. The third-order valence-electron chi connectivity index (χ3n) is 5.02. The zero-order valence-corrected chi connectivity index (χ0v) is 16.9. The van der Waals surface area contributed by atoms with Crippen molar-refractivity contribution in [1.29, 1.82) is 0 Å². The van der Waals surface area contributed by atoms with Crippen LogP contribution in [0, 0.1) is 20.8 Å². The summed E-state index contributed by atoms with van der Waals surface area (Å²) in [5, 5.41) is 4.56. The SMILES string of the molecule is CCc1cnc(N2CCN(c3cc(-n4nc(C)cc4C)nc(C)n3)CC2)nc1. The van der Waals surface area contributed by atoms with Crippen molar-refractivity contribution in [3.05, 3.63) is 47.3 Å². The molecule has 0 aliphatic carbocycles. The van der Waals surface area contributed by atoms with Crippen molar-refractivity contribution in [3.8, 4) is 5.82 Å². The molecule has 1 aliphatic rings. The molecule has 0 spiro atoms. The molecule has 3 aromatic rings. The fourth-order valence-corrected chi connectivity index (χ4v) is 3.50. The van der Waals surface area contributed by atoms with Crippen LogP contribution in [0.25, 0.3) is 5.82 Å². The molecule has 0 atom stereocenters. The highest BCUT2D eigenvalue weighted by Gasteiger charge is 2.21. The smallest absolute Gasteiger partial charge is 0.225 e. The summed E-state index contributed by atoms with van der Waals surface area (Å²) in [4.78, 5) is 22.8. The fourth-order valence-electron chi connectivity index (χ4n) is 3.50. The van der Waals surface area contributed by atoms with E-state index in [-0.39, 0.29) is 0 Å². The predicted octanol–water partition coefficient (Wildman–Crippen LogP) is 2.27. The topological polar surface area (TPSA) is 75.9 Å². The summed E-state index contributed by atoms with van der Waals surface area (Å²) in [5.41, 5.74) is 3.22. The summed E-state index contributed by atoms with van der Waals surface area (Å²) >= 11 is 0. The maximum absolute atomic E-state index is 4.66. The molecule has 0 aromatic carbocycles. The Morgan fingerprint density at radius 1 is 0.857 bits per heavy atom. The lowest BCUT2D eigenvalue weighted by Gasteiger charge is -2.35. The van der Waals surface area contributed by atoms with E-state index in [1.165, 1.54) is 0 Å². The van der Waals surface area contributed by atoms with Crippen LogP contribution in [0.5, 0.6) is 0 Å². The van der Waals surface area contributed by atoms with Gasteiger partial charge < -0.3 is 9.80 Å². The van der Waals surface area contributed by atoms with E-state index in [1.807, 2.05) is 43.9 Å². The molecule has 0 N–H and O–H groups in total. The van der Waals surface area contributed by atoms with Gasteiger partial charge in [-0.3, -0.25) is 0 Å². The second-order valence-electron chi connectivity index (χ2n) is 7.19. The molecule has 0 unspecified atom stereocenters. The van der Waals surface area contributed by atoms with Gasteiger partial charge in [0, 0.05) is 50.3 Å². The van der Waals surface area contributed by atoms with Gasteiger partial charge in [0.1, 0.15) is 11.6 Å². The third-order valence-corrected chi connectivity index (χ3v) is 5.02. The van der Waals surface area contributed by atoms with Gasteiger partial charge in [-0.1, -0.05) is 6.92 Å². The number of nitrogens with zero attached hydrogens (tertiary/aromatic N) is 8. The van der Waals surface area contributed by atoms with Gasteiger partial charge in [-0.25, -0.2) is 24.6 Å². The summed E-state index contributed by atoms with van der Waals surface area (Å²) in [6.07, 6.45) is 4.80. The zero-order chi connectivity index (χ0) is 19.7. The van der Waals surface area contributed by atoms with E-state index in [4.69, 9.17) is 0 Å². The minimum atomic E-state index is 0.751. The molecule has 1 saturated heterocycles. The molecular weight excluding hydrogens is 352 g/mol. The zero-order valence-electron chi connectivity index (χ0n) is 16.9. The molecule has 8 nitrogen and oxygen atoms in total. The third kappa shape index (κ3) is 3.67. The molecule has 0 amide bonds. The Morgan fingerprint density at radius 3 is 2.11 bits per heavy atom. The highest BCUT2D eigenvalue weighted by molar-refractivity contribution is 5.47. The van der Waals surface area contributed by atoms with Gasteiger partial charge in [0.05, 0.1) is 5.69 Å². The Balaban J connectivity index is 1.50. The quantitative estimate of drug-likeness (QED) is 0.689. The summed E-state index contributed by atoms with van der Waals surface area (Å²) < 4.78 is 1.88. The van der Waals surface area contributed by atoms with Crippen LogP contribution in [0.15, 0.2) is 24.5 Å². The first-order chi connectivity index (χ1) is 13.5. The fraction of sp³-hybridized carbons (Fsp3) is 0.450. The van der Waals surface area contributed by atoms with Gasteiger partial charge in [0.15, 0.2) is 5.82 Å². The van der Waals surface area contributed by atoms with Crippen molar-refractivity contribution in [2.45, 2.75) is 34.1 Å². The lowest BCUT2D eigenvalue weighted by molar-refractivity contribution is 0.631. The molecule has 8 heteroatoms. The van der Waals surface area contributed by atoms with E-state index >= 15 is 0 Å². The molecule has 1 fully saturated rings. The van der Waals surface area contributed by atoms with E-state index in [1.54, 1.807) is 0 Å². The summed E-state index contributed by atoms with van der Waals surface area (Å²) in [7, 11) is 0. The average molecular weight is 378 g/mol. The normalized spacial score (nSPS) is 14.6. The molecule has 4 rings (SSSR count). The van der Waals surface area contributed by atoms with Crippen LogP contribution in [0.3, 0.4) is 0 Å². The van der Waals surface area contributed by atoms with Crippen LogP contribution in [-0.2, 0) is 6.42 Å². The number of anilines is 2. The highest BCUT2D eigenvalue weighted by Crippen LogP contribution is 2.20. The summed E-state index contributed by atoms with van der Waals surface area (Å²) in [5.74, 6) is 3.31. The second kappa shape index (κ2) is 7.53. The number of aryl methyl sites for hydroxylation is 4. The van der Waals surface area contributed by atoms with Crippen molar-refractivity contribution in [3.63, 3.8) is 0 Å². The van der Waals surface area contributed by atoms with Crippen molar-refractivity contribution in [1.82, 2.24) is 29.7 Å². The Labute approximate surface area is 165 Å². The maximum Gasteiger partial charge on any atom is 0.225 e. The first kappa shape index (κ1) is 18.3. The van der Waals surface area contributed by atoms with Crippen LogP contribution in [0.2, 0.25) is 0 Å². The number of aromatic nitrogens is 6. The van der Waals surface area contributed by atoms with Crippen LogP contribution in [0.1, 0.15) is 29.7 Å². The molecule has 3 aromatic heterocycles. The van der Waals surface area contributed by atoms with E-state index in [0.29, 0.717) is 0 Å². The van der Waals surface area contributed by atoms with Crippen LogP contribution in [0.4, 0.5) is 11.8 Å². The molecule has 28 heavy (non-hydrogen) atoms. The van der Waals surface area contributed by atoms with Gasteiger partial charge >= 0.3 is 0 Å². The van der Waals surface area contributed by atoms with Crippen molar-refractivity contribution in [2.24, 2.45) is 0 Å². The number of hydrogen-bond acceptors (Lipinski definition) is 7. The van der Waals surface area contributed by atoms with Crippen molar-refractivity contribution in [2.75, 3.05) is 36.0 Å². The average Bonchev–Trinajstić information content (AvgIpc) is 3.06. The van der Waals surface area contributed by atoms with Crippen molar-refractivity contribution < 1.29 is 0 Å². The number of piperazine rings is 1. The maximum atomic E-state index is 4.66. The van der Waals surface area contributed by atoms with Crippen LogP contribution in [-0.4, -0.2) is 55.9 Å². The van der Waals surface area contributed by atoms with E-state index in [9.17, 15) is 0 Å². The Hall–Kier alpha value is -3.03. The molecule has 0 bridgehead atoms. The van der Waals surface area contributed by atoms with E-state index < -0.39 is 0 Å². The Kier molecular flexibility index (Phi) is 4.93. The van der Waals surface area contributed by atoms with Gasteiger partial charge in [-0.2, -0.15) is 5.10 Å². The number of rotatable bonds is 4. The first-order valence-corrected chi connectivity index (χ1v) is 9.73. The summed E-state index contributed by atoms with van der Waals surface area (Å²) in [6, 6.07) is 4.08. The Morgan fingerprint density at radius 2 is 1.50 bits per heavy atom. The van der Waals surface area contributed by atoms with E-state index in [2.05, 4.69) is 47.8 Å².